The molecule has 8 heteroatoms. The molecule has 1 N–H and O–H groups in total. The van der Waals surface area contributed by atoms with Gasteiger partial charge in [-0.1, -0.05) is 30.3 Å². The number of non-ortho nitro benzene ring substituents is 1. The summed E-state index contributed by atoms with van der Waals surface area (Å²) in [7, 11) is 3.86. The number of aryl methyl sites for hydroxylation is 1. The lowest BCUT2D eigenvalue weighted by atomic mass is 10.0. The second kappa shape index (κ2) is 9.23. The highest BCUT2D eigenvalue weighted by molar-refractivity contribution is 6.01. The van der Waals surface area contributed by atoms with E-state index >= 15 is 0 Å². The first-order chi connectivity index (χ1) is 14.4. The van der Waals surface area contributed by atoms with Crippen LogP contribution in [0.3, 0.4) is 0 Å². The molecule has 3 rings (SSSR count). The summed E-state index contributed by atoms with van der Waals surface area (Å²) >= 11 is 0. The Morgan fingerprint density at radius 2 is 1.70 bits per heavy atom. The fraction of sp³-hybridized carbons (Fsp3) is 0.227. The van der Waals surface area contributed by atoms with E-state index in [9.17, 15) is 14.9 Å². The molecule has 1 heterocycles. The number of nitro benzene ring substituents is 1. The van der Waals surface area contributed by atoms with Gasteiger partial charge >= 0.3 is 0 Å². The first-order valence-corrected chi connectivity index (χ1v) is 9.48. The summed E-state index contributed by atoms with van der Waals surface area (Å²) in [6.45, 7) is 2.94. The maximum atomic E-state index is 12.9. The molecule has 0 atom stereocenters. The smallest absolute Gasteiger partial charge is 0.269 e. The van der Waals surface area contributed by atoms with Crippen molar-refractivity contribution in [1.29, 1.82) is 0 Å². The zero-order valence-electron chi connectivity index (χ0n) is 17.1. The Morgan fingerprint density at radius 3 is 2.30 bits per heavy atom. The molecule has 0 fully saturated rings. The Hall–Kier alpha value is -3.65. The fourth-order valence-corrected chi connectivity index (χ4v) is 2.99. The summed E-state index contributed by atoms with van der Waals surface area (Å²) in [5, 5.41) is 13.9. The molecule has 0 unspecified atom stereocenters. The van der Waals surface area contributed by atoms with Crippen molar-refractivity contribution >= 4 is 11.6 Å². The van der Waals surface area contributed by atoms with E-state index in [4.69, 9.17) is 0 Å². The lowest BCUT2D eigenvalue weighted by Crippen LogP contribution is -2.32. The van der Waals surface area contributed by atoms with Crippen molar-refractivity contribution in [2.45, 2.75) is 6.92 Å². The van der Waals surface area contributed by atoms with Gasteiger partial charge in [0.1, 0.15) is 0 Å². The molecular formula is C22H23N5O3. The molecule has 0 aliphatic rings. The van der Waals surface area contributed by atoms with E-state index in [1.807, 2.05) is 49.3 Å². The zero-order valence-corrected chi connectivity index (χ0v) is 17.1. The number of nitrogens with zero attached hydrogens (tertiary/aromatic N) is 4. The van der Waals surface area contributed by atoms with Gasteiger partial charge < -0.3 is 10.2 Å². The fourth-order valence-electron chi connectivity index (χ4n) is 2.99. The second-order valence-electron chi connectivity index (χ2n) is 7.09. The van der Waals surface area contributed by atoms with Crippen LogP contribution in [-0.4, -0.2) is 52.9 Å². The molecule has 0 radical (unpaired) electrons. The standard InChI is InChI=1S/C22H23N5O3/c1-15-19(22(28)23-13-14-26(2)3)20(16-9-11-18(12-10-16)27(29)30)25-21(24-15)17-7-5-4-6-8-17/h4-12H,13-14H2,1-3H3,(H,23,28). The van der Waals surface area contributed by atoms with Gasteiger partial charge in [0.05, 0.1) is 21.9 Å². The van der Waals surface area contributed by atoms with Gasteiger partial charge in [-0.25, -0.2) is 9.97 Å². The highest BCUT2D eigenvalue weighted by Crippen LogP contribution is 2.28. The largest absolute Gasteiger partial charge is 0.351 e. The summed E-state index contributed by atoms with van der Waals surface area (Å²) < 4.78 is 0. The van der Waals surface area contributed by atoms with Crippen LogP contribution < -0.4 is 5.32 Å². The van der Waals surface area contributed by atoms with E-state index in [0.717, 1.165) is 5.56 Å². The normalized spacial score (nSPS) is 10.8. The van der Waals surface area contributed by atoms with Gasteiger partial charge in [-0.2, -0.15) is 0 Å². The molecule has 30 heavy (non-hydrogen) atoms. The Balaban J connectivity index is 2.08. The summed E-state index contributed by atoms with van der Waals surface area (Å²) in [4.78, 5) is 34.7. The Labute approximate surface area is 174 Å². The third kappa shape index (κ3) is 4.84. The monoisotopic (exact) mass is 405 g/mol. The molecule has 0 spiro atoms. The molecule has 1 amide bonds. The molecule has 0 bridgehead atoms. The number of carbonyl (C=O) groups is 1. The van der Waals surface area contributed by atoms with Crippen LogP contribution >= 0.6 is 0 Å². The minimum absolute atomic E-state index is 0.0233. The molecule has 8 nitrogen and oxygen atoms in total. The van der Waals surface area contributed by atoms with E-state index in [2.05, 4.69) is 15.3 Å². The number of hydrogen-bond acceptors (Lipinski definition) is 6. The number of rotatable bonds is 7. The molecule has 2 aromatic carbocycles. The number of nitrogens with one attached hydrogen (secondary N) is 1. The van der Waals surface area contributed by atoms with Gasteiger partial charge in [-0.3, -0.25) is 14.9 Å². The van der Waals surface area contributed by atoms with E-state index < -0.39 is 4.92 Å². The minimum Gasteiger partial charge on any atom is -0.351 e. The van der Waals surface area contributed by atoms with E-state index in [1.165, 1.54) is 12.1 Å². The van der Waals surface area contributed by atoms with E-state index in [1.54, 1.807) is 19.1 Å². The number of carbonyl (C=O) groups excluding carboxylic acids is 1. The predicted molar refractivity (Wildman–Crippen MR) is 115 cm³/mol. The first-order valence-electron chi connectivity index (χ1n) is 9.48. The van der Waals surface area contributed by atoms with Crippen molar-refractivity contribution in [3.05, 3.63) is 76.0 Å². The van der Waals surface area contributed by atoms with E-state index in [0.29, 0.717) is 41.4 Å². The van der Waals surface area contributed by atoms with Crippen molar-refractivity contribution in [2.75, 3.05) is 27.2 Å². The first kappa shape index (κ1) is 21.1. The van der Waals surface area contributed by atoms with Crippen molar-refractivity contribution < 1.29 is 9.72 Å². The van der Waals surface area contributed by atoms with Crippen LogP contribution in [0.4, 0.5) is 5.69 Å². The van der Waals surface area contributed by atoms with Gasteiger partial charge in [-0.05, 0) is 33.2 Å². The number of benzene rings is 2. The number of nitro groups is 1. The number of likely N-dealkylation sites (N-methyl/N-ethyl adjacent to an activating group) is 1. The van der Waals surface area contributed by atoms with Crippen LogP contribution in [0.15, 0.2) is 54.6 Å². The number of hydrogen-bond donors (Lipinski definition) is 1. The Morgan fingerprint density at radius 1 is 1.03 bits per heavy atom. The summed E-state index contributed by atoms with van der Waals surface area (Å²) in [6, 6.07) is 15.5. The van der Waals surface area contributed by atoms with Crippen molar-refractivity contribution in [3.63, 3.8) is 0 Å². The molecule has 0 aliphatic heterocycles. The van der Waals surface area contributed by atoms with Crippen LogP contribution in [-0.2, 0) is 0 Å². The van der Waals surface area contributed by atoms with Gasteiger partial charge in [0.25, 0.3) is 11.6 Å². The van der Waals surface area contributed by atoms with Crippen molar-refractivity contribution in [2.24, 2.45) is 0 Å². The molecule has 0 saturated carbocycles. The predicted octanol–water partition coefficient (Wildman–Crippen LogP) is 3.32. The average molecular weight is 405 g/mol. The van der Waals surface area contributed by atoms with Crippen LogP contribution in [0.2, 0.25) is 0 Å². The zero-order chi connectivity index (χ0) is 21.7. The highest BCUT2D eigenvalue weighted by Gasteiger charge is 2.21. The molecule has 1 aromatic heterocycles. The van der Waals surface area contributed by atoms with Crippen LogP contribution in [0.5, 0.6) is 0 Å². The summed E-state index contributed by atoms with van der Waals surface area (Å²) in [6.07, 6.45) is 0. The second-order valence-corrected chi connectivity index (χ2v) is 7.09. The minimum atomic E-state index is -0.459. The molecular weight excluding hydrogens is 382 g/mol. The summed E-state index contributed by atoms with van der Waals surface area (Å²) in [5.74, 6) is 0.216. The maximum absolute atomic E-state index is 12.9. The average Bonchev–Trinajstić information content (AvgIpc) is 2.73. The van der Waals surface area contributed by atoms with Crippen LogP contribution in [0, 0.1) is 17.0 Å². The van der Waals surface area contributed by atoms with Crippen molar-refractivity contribution in [1.82, 2.24) is 20.2 Å². The molecule has 3 aromatic rings. The third-order valence-electron chi connectivity index (χ3n) is 4.55. The van der Waals surface area contributed by atoms with Gasteiger partial charge in [-0.15, -0.1) is 0 Å². The molecule has 0 aliphatic carbocycles. The van der Waals surface area contributed by atoms with Gasteiger partial charge in [0.15, 0.2) is 5.82 Å². The van der Waals surface area contributed by atoms with Crippen LogP contribution in [0.25, 0.3) is 22.6 Å². The lowest BCUT2D eigenvalue weighted by molar-refractivity contribution is -0.384. The Kier molecular flexibility index (Phi) is 6.48. The quantitative estimate of drug-likeness (QED) is 0.478. The van der Waals surface area contributed by atoms with Crippen LogP contribution in [0.1, 0.15) is 16.1 Å². The summed E-state index contributed by atoms with van der Waals surface area (Å²) in [5.41, 5.74) is 2.76. The topological polar surface area (TPSA) is 101 Å². The Bertz CT molecular complexity index is 1050. The van der Waals surface area contributed by atoms with Crippen molar-refractivity contribution in [3.8, 4) is 22.6 Å². The molecule has 154 valence electrons. The van der Waals surface area contributed by atoms with Gasteiger partial charge in [0, 0.05) is 36.3 Å². The number of aromatic nitrogens is 2. The highest BCUT2D eigenvalue weighted by atomic mass is 16.6. The van der Waals surface area contributed by atoms with Gasteiger partial charge in [0.2, 0.25) is 0 Å². The maximum Gasteiger partial charge on any atom is 0.269 e. The number of amides is 1. The third-order valence-corrected chi connectivity index (χ3v) is 4.55. The molecule has 0 saturated heterocycles. The SMILES string of the molecule is Cc1nc(-c2ccccc2)nc(-c2ccc([N+](=O)[O-])cc2)c1C(=O)NCCN(C)C. The van der Waals surface area contributed by atoms with E-state index in [-0.39, 0.29) is 11.6 Å². The lowest BCUT2D eigenvalue weighted by Gasteiger charge is -2.15.